The van der Waals surface area contributed by atoms with Gasteiger partial charge in [-0.2, -0.15) is 0 Å². The minimum atomic E-state index is -0.543. The lowest BCUT2D eigenvalue weighted by Crippen LogP contribution is -2.43. The first kappa shape index (κ1) is 15.0. The topological polar surface area (TPSA) is 89.8 Å². The van der Waals surface area contributed by atoms with E-state index in [0.717, 1.165) is 0 Å². The maximum atomic E-state index is 12.5. The number of rotatable bonds is 3. The van der Waals surface area contributed by atoms with Gasteiger partial charge in [-0.25, -0.2) is 0 Å². The summed E-state index contributed by atoms with van der Waals surface area (Å²) in [6.07, 6.45) is 0.336. The Bertz CT molecular complexity index is 599. The molecule has 2 rings (SSSR count). The lowest BCUT2D eigenvalue weighted by Gasteiger charge is -2.30. The van der Waals surface area contributed by atoms with Crippen molar-refractivity contribution in [3.63, 3.8) is 0 Å². The number of carbonyl (C=O) groups excluding carboxylic acids is 2. The molecule has 21 heavy (non-hydrogen) atoms. The van der Waals surface area contributed by atoms with Gasteiger partial charge in [-0.3, -0.25) is 19.7 Å². The fourth-order valence-electron chi connectivity index (χ4n) is 2.34. The van der Waals surface area contributed by atoms with Crippen molar-refractivity contribution in [1.82, 2.24) is 4.90 Å². The van der Waals surface area contributed by atoms with E-state index in [0.29, 0.717) is 19.5 Å². The summed E-state index contributed by atoms with van der Waals surface area (Å²) in [5.74, 6) is -0.152. The van der Waals surface area contributed by atoms with Gasteiger partial charge in [0, 0.05) is 31.5 Å². The van der Waals surface area contributed by atoms with Crippen LogP contribution in [-0.4, -0.2) is 41.7 Å². The van der Waals surface area contributed by atoms with Crippen molar-refractivity contribution in [2.45, 2.75) is 13.3 Å². The first-order chi connectivity index (χ1) is 9.93. The number of methoxy groups -OCH3 is 1. The third-order valence-corrected chi connectivity index (χ3v) is 3.59. The average Bonchev–Trinajstić information content (AvgIpc) is 2.48. The zero-order valence-corrected chi connectivity index (χ0v) is 11.9. The number of amides is 1. The second-order valence-electron chi connectivity index (χ2n) is 5.01. The predicted molar refractivity (Wildman–Crippen MR) is 74.3 cm³/mol. The van der Waals surface area contributed by atoms with Crippen molar-refractivity contribution in [3.8, 4) is 5.75 Å². The minimum Gasteiger partial charge on any atom is -0.496 e. The van der Waals surface area contributed by atoms with Crippen LogP contribution in [0.3, 0.4) is 0 Å². The number of hydrogen-bond donors (Lipinski definition) is 0. The zero-order valence-electron chi connectivity index (χ0n) is 11.9. The Kier molecular flexibility index (Phi) is 4.21. The van der Waals surface area contributed by atoms with Crippen LogP contribution in [0.25, 0.3) is 0 Å². The molecule has 0 bridgehead atoms. The summed E-state index contributed by atoms with van der Waals surface area (Å²) in [5, 5.41) is 10.7. The molecule has 1 atom stereocenters. The highest BCUT2D eigenvalue weighted by atomic mass is 16.6. The summed E-state index contributed by atoms with van der Waals surface area (Å²) in [6, 6.07) is 3.89. The normalized spacial score (nSPS) is 18.5. The van der Waals surface area contributed by atoms with Crippen LogP contribution in [0.2, 0.25) is 0 Å². The highest BCUT2D eigenvalue weighted by Gasteiger charge is 2.29. The van der Waals surface area contributed by atoms with E-state index in [4.69, 9.17) is 4.74 Å². The number of likely N-dealkylation sites (tertiary alicyclic amines) is 1. The first-order valence-electron chi connectivity index (χ1n) is 6.58. The number of nitro groups is 1. The standard InChI is InChI=1S/C14H16N2O5/c1-9-8-15(6-5-12(9)17)14(18)11-4-3-10(16(19)20)7-13(11)21-2/h3-4,7,9H,5-6,8H2,1-2H3. The molecule has 1 aliphatic heterocycles. The lowest BCUT2D eigenvalue weighted by atomic mass is 9.98. The van der Waals surface area contributed by atoms with E-state index in [1.54, 1.807) is 11.8 Å². The molecular weight excluding hydrogens is 276 g/mol. The number of benzene rings is 1. The Balaban J connectivity index is 2.27. The number of non-ortho nitro benzene ring substituents is 1. The fourth-order valence-corrected chi connectivity index (χ4v) is 2.34. The fraction of sp³-hybridized carbons (Fsp3) is 0.429. The number of nitrogens with zero attached hydrogens (tertiary/aromatic N) is 2. The molecule has 1 amide bonds. The second-order valence-corrected chi connectivity index (χ2v) is 5.01. The van der Waals surface area contributed by atoms with Crippen molar-refractivity contribution in [2.75, 3.05) is 20.2 Å². The van der Waals surface area contributed by atoms with Gasteiger partial charge in [0.15, 0.2) is 0 Å². The van der Waals surface area contributed by atoms with E-state index in [1.165, 1.54) is 25.3 Å². The summed E-state index contributed by atoms with van der Waals surface area (Å²) >= 11 is 0. The average molecular weight is 292 g/mol. The van der Waals surface area contributed by atoms with Gasteiger partial charge in [-0.15, -0.1) is 0 Å². The van der Waals surface area contributed by atoms with Crippen LogP contribution in [0.15, 0.2) is 18.2 Å². The molecule has 1 aromatic rings. The molecule has 1 aliphatic rings. The number of Topliss-reactive ketones (excluding diaryl/α,β-unsaturated/α-hetero) is 1. The minimum absolute atomic E-state index is 0.134. The molecule has 1 unspecified atom stereocenters. The van der Waals surface area contributed by atoms with Gasteiger partial charge < -0.3 is 9.64 Å². The summed E-state index contributed by atoms with van der Waals surface area (Å²) in [6.45, 7) is 2.51. The smallest absolute Gasteiger partial charge is 0.273 e. The molecule has 1 fully saturated rings. The molecule has 0 N–H and O–H groups in total. The highest BCUT2D eigenvalue weighted by molar-refractivity contribution is 5.98. The molecule has 112 valence electrons. The molecule has 1 heterocycles. The summed E-state index contributed by atoms with van der Waals surface area (Å²) in [5.41, 5.74) is 0.134. The molecule has 1 saturated heterocycles. The molecule has 0 saturated carbocycles. The number of ether oxygens (including phenoxy) is 1. The third-order valence-electron chi connectivity index (χ3n) is 3.59. The SMILES string of the molecule is COc1cc([N+](=O)[O-])ccc1C(=O)N1CCC(=O)C(C)C1. The van der Waals surface area contributed by atoms with Gasteiger partial charge in [0.2, 0.25) is 0 Å². The Morgan fingerprint density at radius 3 is 2.76 bits per heavy atom. The number of ketones is 1. The number of nitro benzene ring substituents is 1. The van der Waals surface area contributed by atoms with Crippen LogP contribution in [0.5, 0.6) is 5.75 Å². The van der Waals surface area contributed by atoms with Crippen molar-refractivity contribution < 1.29 is 19.2 Å². The highest BCUT2D eigenvalue weighted by Crippen LogP contribution is 2.27. The molecular formula is C14H16N2O5. The van der Waals surface area contributed by atoms with Crippen LogP contribution >= 0.6 is 0 Å². The van der Waals surface area contributed by atoms with Gasteiger partial charge in [0.05, 0.1) is 23.7 Å². The van der Waals surface area contributed by atoms with E-state index in [2.05, 4.69) is 0 Å². The first-order valence-corrected chi connectivity index (χ1v) is 6.58. The maximum absolute atomic E-state index is 12.5. The molecule has 7 nitrogen and oxygen atoms in total. The third kappa shape index (κ3) is 3.01. The number of hydrogen-bond acceptors (Lipinski definition) is 5. The summed E-state index contributed by atoms with van der Waals surface area (Å²) < 4.78 is 5.08. The quantitative estimate of drug-likeness (QED) is 0.624. The second kappa shape index (κ2) is 5.90. The van der Waals surface area contributed by atoms with Crippen LogP contribution in [0.1, 0.15) is 23.7 Å². The van der Waals surface area contributed by atoms with Crippen LogP contribution < -0.4 is 4.74 Å². The number of carbonyl (C=O) groups is 2. The Morgan fingerprint density at radius 1 is 1.48 bits per heavy atom. The molecule has 0 aromatic heterocycles. The van der Waals surface area contributed by atoms with Gasteiger partial charge in [-0.1, -0.05) is 6.92 Å². The van der Waals surface area contributed by atoms with Crippen molar-refractivity contribution in [1.29, 1.82) is 0 Å². The van der Waals surface area contributed by atoms with Gasteiger partial charge in [0.25, 0.3) is 11.6 Å². The van der Waals surface area contributed by atoms with Gasteiger partial charge >= 0.3 is 0 Å². The van der Waals surface area contributed by atoms with Crippen molar-refractivity contribution in [2.24, 2.45) is 5.92 Å². The summed E-state index contributed by atoms with van der Waals surface area (Å²) in [7, 11) is 1.36. The lowest BCUT2D eigenvalue weighted by molar-refractivity contribution is -0.384. The number of piperidine rings is 1. The maximum Gasteiger partial charge on any atom is 0.273 e. The molecule has 7 heteroatoms. The molecule has 0 radical (unpaired) electrons. The summed E-state index contributed by atoms with van der Waals surface area (Å²) in [4.78, 5) is 35.8. The molecule has 0 aliphatic carbocycles. The van der Waals surface area contributed by atoms with E-state index in [-0.39, 0.29) is 34.6 Å². The van der Waals surface area contributed by atoms with E-state index >= 15 is 0 Å². The van der Waals surface area contributed by atoms with Gasteiger partial charge in [0.1, 0.15) is 11.5 Å². The van der Waals surface area contributed by atoms with Crippen LogP contribution in [0.4, 0.5) is 5.69 Å². The largest absolute Gasteiger partial charge is 0.496 e. The monoisotopic (exact) mass is 292 g/mol. The van der Waals surface area contributed by atoms with E-state index in [9.17, 15) is 19.7 Å². The van der Waals surface area contributed by atoms with E-state index < -0.39 is 4.92 Å². The predicted octanol–water partition coefficient (Wildman–Crippen LogP) is 1.65. The zero-order chi connectivity index (χ0) is 15.6. The van der Waals surface area contributed by atoms with Gasteiger partial charge in [-0.05, 0) is 6.07 Å². The van der Waals surface area contributed by atoms with Crippen molar-refractivity contribution >= 4 is 17.4 Å². The van der Waals surface area contributed by atoms with E-state index in [1.807, 2.05) is 0 Å². The van der Waals surface area contributed by atoms with Crippen LogP contribution in [-0.2, 0) is 4.79 Å². The Hall–Kier alpha value is -2.44. The Labute approximate surface area is 121 Å². The molecule has 0 spiro atoms. The van der Waals surface area contributed by atoms with Crippen molar-refractivity contribution in [3.05, 3.63) is 33.9 Å². The molecule has 1 aromatic carbocycles. The Morgan fingerprint density at radius 2 is 2.19 bits per heavy atom. The van der Waals surface area contributed by atoms with Crippen LogP contribution in [0, 0.1) is 16.0 Å².